The van der Waals surface area contributed by atoms with Gasteiger partial charge in [0.05, 0.1) is 18.8 Å². The lowest BCUT2D eigenvalue weighted by Crippen LogP contribution is -2.34. The lowest BCUT2D eigenvalue weighted by Gasteiger charge is -2.07. The molecule has 0 aliphatic carbocycles. The maximum atomic E-state index is 11.7. The highest BCUT2D eigenvalue weighted by atomic mass is 32.1. The summed E-state index contributed by atoms with van der Waals surface area (Å²) in [5.41, 5.74) is 1.79. The summed E-state index contributed by atoms with van der Waals surface area (Å²) in [6.45, 7) is 2.44. The van der Waals surface area contributed by atoms with Crippen molar-refractivity contribution >= 4 is 23.3 Å². The predicted molar refractivity (Wildman–Crippen MR) is 77.1 cm³/mol. The number of pyridine rings is 1. The van der Waals surface area contributed by atoms with Crippen LogP contribution >= 0.6 is 11.3 Å². The Morgan fingerprint density at radius 1 is 1.33 bits per heavy atom. The average Bonchev–Trinajstić information content (AvgIpc) is 2.93. The number of aryl methyl sites for hydroxylation is 1. The van der Waals surface area contributed by atoms with E-state index in [9.17, 15) is 9.59 Å². The Kier molecular flexibility index (Phi) is 4.83. The van der Waals surface area contributed by atoms with Crippen LogP contribution < -0.4 is 10.6 Å². The lowest BCUT2D eigenvalue weighted by atomic mass is 10.2. The Labute approximate surface area is 125 Å². The minimum absolute atomic E-state index is 0.0127. The van der Waals surface area contributed by atoms with Gasteiger partial charge in [0, 0.05) is 11.6 Å². The van der Waals surface area contributed by atoms with Crippen molar-refractivity contribution < 1.29 is 14.7 Å². The third-order valence-electron chi connectivity index (χ3n) is 2.71. The first-order valence-electron chi connectivity index (χ1n) is 6.16. The van der Waals surface area contributed by atoms with Crippen LogP contribution in [0.15, 0.2) is 23.7 Å². The van der Waals surface area contributed by atoms with Gasteiger partial charge in [-0.1, -0.05) is 6.07 Å². The van der Waals surface area contributed by atoms with Crippen LogP contribution in [0.2, 0.25) is 0 Å². The molecule has 3 N–H and O–H groups in total. The largest absolute Gasteiger partial charge is 0.476 e. The van der Waals surface area contributed by atoms with E-state index in [-0.39, 0.29) is 18.3 Å². The number of urea groups is 1. The van der Waals surface area contributed by atoms with Crippen molar-refractivity contribution in [3.05, 3.63) is 45.7 Å². The minimum atomic E-state index is -1.08. The third kappa shape index (κ3) is 4.25. The van der Waals surface area contributed by atoms with E-state index in [2.05, 4.69) is 20.6 Å². The molecule has 2 amide bonds. The van der Waals surface area contributed by atoms with E-state index < -0.39 is 5.97 Å². The predicted octanol–water partition coefficient (Wildman–Crippen LogP) is 1.54. The molecule has 0 spiro atoms. The normalized spacial score (nSPS) is 10.1. The SMILES string of the molecule is Cc1cccnc1CNC(=O)NCc1nc(C(=O)O)cs1. The molecule has 110 valence electrons. The van der Waals surface area contributed by atoms with Crippen LogP contribution in [0.4, 0.5) is 4.79 Å². The summed E-state index contributed by atoms with van der Waals surface area (Å²) in [7, 11) is 0. The van der Waals surface area contributed by atoms with Gasteiger partial charge in [-0.05, 0) is 18.6 Å². The second-order valence-electron chi connectivity index (χ2n) is 4.23. The van der Waals surface area contributed by atoms with Crippen molar-refractivity contribution in [2.24, 2.45) is 0 Å². The molecule has 2 aromatic heterocycles. The molecular formula is C13H14N4O3S. The number of carbonyl (C=O) groups is 2. The molecule has 7 nitrogen and oxygen atoms in total. The highest BCUT2D eigenvalue weighted by Gasteiger charge is 2.09. The molecule has 8 heteroatoms. The molecular weight excluding hydrogens is 292 g/mol. The number of hydrogen-bond acceptors (Lipinski definition) is 5. The smallest absolute Gasteiger partial charge is 0.355 e. The molecule has 21 heavy (non-hydrogen) atoms. The summed E-state index contributed by atoms with van der Waals surface area (Å²) in [5, 5.41) is 16.0. The number of carboxylic acids is 1. The van der Waals surface area contributed by atoms with Crippen LogP contribution in [-0.4, -0.2) is 27.1 Å². The summed E-state index contributed by atoms with van der Waals surface area (Å²) in [4.78, 5) is 30.4. The topological polar surface area (TPSA) is 104 Å². The van der Waals surface area contributed by atoms with Crippen molar-refractivity contribution in [2.75, 3.05) is 0 Å². The molecule has 2 aromatic rings. The summed E-state index contributed by atoms with van der Waals surface area (Å²) in [6.07, 6.45) is 1.67. The van der Waals surface area contributed by atoms with E-state index in [4.69, 9.17) is 5.11 Å². The number of amides is 2. The molecule has 0 bridgehead atoms. The molecule has 0 aliphatic rings. The molecule has 0 aliphatic heterocycles. The lowest BCUT2D eigenvalue weighted by molar-refractivity contribution is 0.0691. The number of carboxylic acid groups (broad SMARTS) is 1. The fraction of sp³-hybridized carbons (Fsp3) is 0.231. The monoisotopic (exact) mass is 306 g/mol. The van der Waals surface area contributed by atoms with E-state index in [0.717, 1.165) is 11.3 Å². The van der Waals surface area contributed by atoms with Crippen LogP contribution in [0.1, 0.15) is 26.8 Å². The first-order valence-corrected chi connectivity index (χ1v) is 7.04. The van der Waals surface area contributed by atoms with Gasteiger partial charge in [-0.3, -0.25) is 4.98 Å². The van der Waals surface area contributed by atoms with Crippen molar-refractivity contribution in [1.82, 2.24) is 20.6 Å². The van der Waals surface area contributed by atoms with Crippen molar-refractivity contribution in [1.29, 1.82) is 0 Å². The van der Waals surface area contributed by atoms with E-state index in [1.807, 2.05) is 19.1 Å². The van der Waals surface area contributed by atoms with Crippen molar-refractivity contribution in [2.45, 2.75) is 20.0 Å². The molecule has 2 rings (SSSR count). The Morgan fingerprint density at radius 2 is 2.10 bits per heavy atom. The quantitative estimate of drug-likeness (QED) is 0.777. The number of rotatable bonds is 5. The Bertz CT molecular complexity index is 656. The van der Waals surface area contributed by atoms with E-state index >= 15 is 0 Å². The van der Waals surface area contributed by atoms with E-state index in [1.165, 1.54) is 16.7 Å². The average molecular weight is 306 g/mol. The summed E-state index contributed by atoms with van der Waals surface area (Å²) in [6, 6.07) is 3.40. The van der Waals surface area contributed by atoms with Gasteiger partial charge in [0.25, 0.3) is 0 Å². The van der Waals surface area contributed by atoms with Gasteiger partial charge in [-0.15, -0.1) is 11.3 Å². The molecule has 0 saturated heterocycles. The zero-order valence-electron chi connectivity index (χ0n) is 11.3. The van der Waals surface area contributed by atoms with Crippen LogP contribution in [0.25, 0.3) is 0 Å². The number of carbonyl (C=O) groups excluding carboxylic acids is 1. The standard InChI is InChI=1S/C13H14N4O3S/c1-8-3-2-4-14-9(8)5-15-13(20)16-6-11-17-10(7-21-11)12(18)19/h2-4,7H,5-6H2,1H3,(H,18,19)(H2,15,16,20). The minimum Gasteiger partial charge on any atom is -0.476 e. The molecule has 0 atom stereocenters. The molecule has 2 heterocycles. The first kappa shape index (κ1) is 14.9. The molecule has 0 unspecified atom stereocenters. The zero-order valence-corrected chi connectivity index (χ0v) is 12.1. The number of nitrogens with one attached hydrogen (secondary N) is 2. The number of hydrogen-bond donors (Lipinski definition) is 3. The zero-order chi connectivity index (χ0) is 15.2. The maximum absolute atomic E-state index is 11.7. The van der Waals surface area contributed by atoms with Crippen LogP contribution in [0, 0.1) is 6.92 Å². The van der Waals surface area contributed by atoms with Crippen LogP contribution in [0.3, 0.4) is 0 Å². The number of thiazole rings is 1. The second kappa shape index (κ2) is 6.80. The Hall–Kier alpha value is -2.48. The van der Waals surface area contributed by atoms with E-state index in [0.29, 0.717) is 11.6 Å². The van der Waals surface area contributed by atoms with E-state index in [1.54, 1.807) is 6.20 Å². The highest BCUT2D eigenvalue weighted by Crippen LogP contribution is 2.09. The van der Waals surface area contributed by atoms with Gasteiger partial charge >= 0.3 is 12.0 Å². The van der Waals surface area contributed by atoms with Gasteiger partial charge in [0.2, 0.25) is 0 Å². The van der Waals surface area contributed by atoms with Crippen molar-refractivity contribution in [3.63, 3.8) is 0 Å². The molecule has 0 fully saturated rings. The summed E-state index contributed by atoms with van der Waals surface area (Å²) >= 11 is 1.19. The van der Waals surface area contributed by atoms with Gasteiger partial charge < -0.3 is 15.7 Å². The number of aromatic nitrogens is 2. The highest BCUT2D eigenvalue weighted by molar-refractivity contribution is 7.09. The molecule has 0 radical (unpaired) electrons. The number of nitrogens with zero attached hydrogens (tertiary/aromatic N) is 2. The van der Waals surface area contributed by atoms with Crippen LogP contribution in [0.5, 0.6) is 0 Å². The third-order valence-corrected chi connectivity index (χ3v) is 3.55. The van der Waals surface area contributed by atoms with Gasteiger partial charge in [0.15, 0.2) is 5.69 Å². The Balaban J connectivity index is 1.79. The Morgan fingerprint density at radius 3 is 2.76 bits per heavy atom. The summed E-state index contributed by atoms with van der Waals surface area (Å²) in [5.74, 6) is -1.08. The molecule has 0 saturated carbocycles. The van der Waals surface area contributed by atoms with Gasteiger partial charge in [-0.2, -0.15) is 0 Å². The second-order valence-corrected chi connectivity index (χ2v) is 5.18. The van der Waals surface area contributed by atoms with Gasteiger partial charge in [0.1, 0.15) is 5.01 Å². The van der Waals surface area contributed by atoms with Gasteiger partial charge in [-0.25, -0.2) is 14.6 Å². The fourth-order valence-electron chi connectivity index (χ4n) is 1.58. The molecule has 0 aromatic carbocycles. The summed E-state index contributed by atoms with van der Waals surface area (Å²) < 4.78 is 0. The first-order chi connectivity index (χ1) is 10.1. The fourth-order valence-corrected chi connectivity index (χ4v) is 2.28. The van der Waals surface area contributed by atoms with Crippen molar-refractivity contribution in [3.8, 4) is 0 Å². The van der Waals surface area contributed by atoms with Crippen LogP contribution in [-0.2, 0) is 13.1 Å². The maximum Gasteiger partial charge on any atom is 0.355 e. The number of aromatic carboxylic acids is 1.